The molecule has 0 spiro atoms. The Kier molecular flexibility index (Phi) is 5.16. The highest BCUT2D eigenvalue weighted by molar-refractivity contribution is 9.10. The molecule has 146 valence electrons. The molecular formula is C24H20BrNO3. The van der Waals surface area contributed by atoms with Gasteiger partial charge in [-0.25, -0.2) is 0 Å². The number of aliphatic hydroxyl groups excluding tert-OH is 1. The van der Waals surface area contributed by atoms with Gasteiger partial charge >= 0.3 is 0 Å². The number of benzene rings is 3. The second-order valence-corrected chi connectivity index (χ2v) is 7.87. The van der Waals surface area contributed by atoms with E-state index in [1.54, 1.807) is 12.0 Å². The third-order valence-electron chi connectivity index (χ3n) is 5.11. The number of ether oxygens (including phenoxy) is 1. The van der Waals surface area contributed by atoms with Gasteiger partial charge in [-0.1, -0.05) is 57.9 Å². The smallest absolute Gasteiger partial charge is 0.294 e. The highest BCUT2D eigenvalue weighted by Gasteiger charge is 2.41. The van der Waals surface area contributed by atoms with E-state index in [1.165, 1.54) is 0 Å². The van der Waals surface area contributed by atoms with Crippen molar-refractivity contribution >= 4 is 33.1 Å². The zero-order valence-electron chi connectivity index (χ0n) is 16.1. The van der Waals surface area contributed by atoms with Gasteiger partial charge in [0.2, 0.25) is 0 Å². The van der Waals surface area contributed by atoms with Crippen molar-refractivity contribution in [3.8, 4) is 5.75 Å². The summed E-state index contributed by atoms with van der Waals surface area (Å²) in [5.74, 6) is 0.0628. The monoisotopic (exact) mass is 449 g/mol. The number of aliphatic hydroxyl groups is 1. The molecule has 0 saturated heterocycles. The molecule has 0 aromatic heterocycles. The molecule has 1 aliphatic rings. The predicted molar refractivity (Wildman–Crippen MR) is 118 cm³/mol. The molecule has 1 heterocycles. The summed E-state index contributed by atoms with van der Waals surface area (Å²) in [4.78, 5) is 14.8. The van der Waals surface area contributed by atoms with Gasteiger partial charge in [-0.3, -0.25) is 9.69 Å². The normalized spacial score (nSPS) is 16.4. The summed E-state index contributed by atoms with van der Waals surface area (Å²) in [6.07, 6.45) is 0. The maximum atomic E-state index is 13.1. The van der Waals surface area contributed by atoms with Crippen LogP contribution in [0.3, 0.4) is 0 Å². The maximum Gasteiger partial charge on any atom is 0.294 e. The first-order chi connectivity index (χ1) is 14.0. The highest BCUT2D eigenvalue weighted by Crippen LogP contribution is 2.45. The second kappa shape index (κ2) is 7.76. The summed E-state index contributed by atoms with van der Waals surface area (Å²) in [7, 11) is 1.60. The third kappa shape index (κ3) is 3.54. The number of anilines is 1. The van der Waals surface area contributed by atoms with E-state index in [-0.39, 0.29) is 5.76 Å². The molecule has 0 saturated carbocycles. The van der Waals surface area contributed by atoms with Crippen molar-refractivity contribution in [2.45, 2.75) is 13.0 Å². The number of amides is 1. The summed E-state index contributed by atoms with van der Waals surface area (Å²) < 4.78 is 6.19. The number of carbonyl (C=O) groups excluding carboxylic acids is 1. The minimum absolute atomic E-state index is 0.224. The second-order valence-electron chi connectivity index (χ2n) is 6.96. The molecule has 1 N–H and O–H groups in total. The Morgan fingerprint density at radius 1 is 0.931 bits per heavy atom. The van der Waals surface area contributed by atoms with Gasteiger partial charge in [0, 0.05) is 15.7 Å². The van der Waals surface area contributed by atoms with Crippen LogP contribution in [-0.4, -0.2) is 18.1 Å². The SMILES string of the molecule is COc1ccc(N2C(=O)C(O)=C(c3ccc(C)cc3)C2c2ccc(Br)cc2)cc1. The minimum Gasteiger partial charge on any atom is -0.503 e. The number of nitrogens with zero attached hydrogens (tertiary/aromatic N) is 1. The number of aryl methyl sites for hydroxylation is 1. The first-order valence-electron chi connectivity index (χ1n) is 9.23. The predicted octanol–water partition coefficient (Wildman–Crippen LogP) is 5.82. The molecule has 3 aromatic carbocycles. The van der Waals surface area contributed by atoms with Gasteiger partial charge in [-0.15, -0.1) is 0 Å². The number of halogens is 1. The van der Waals surface area contributed by atoms with E-state index in [2.05, 4.69) is 15.9 Å². The van der Waals surface area contributed by atoms with Gasteiger partial charge in [0.15, 0.2) is 5.76 Å². The van der Waals surface area contributed by atoms with Crippen LogP contribution in [0.15, 0.2) is 83.0 Å². The van der Waals surface area contributed by atoms with Gasteiger partial charge in [-0.05, 0) is 54.4 Å². The molecule has 4 nitrogen and oxygen atoms in total. The van der Waals surface area contributed by atoms with Crippen molar-refractivity contribution in [2.24, 2.45) is 0 Å². The van der Waals surface area contributed by atoms with Crippen LogP contribution in [0.2, 0.25) is 0 Å². The van der Waals surface area contributed by atoms with E-state index in [4.69, 9.17) is 4.74 Å². The number of hydrogen-bond donors (Lipinski definition) is 1. The molecule has 1 amide bonds. The Morgan fingerprint density at radius 2 is 1.55 bits per heavy atom. The van der Waals surface area contributed by atoms with Crippen LogP contribution in [0.4, 0.5) is 5.69 Å². The van der Waals surface area contributed by atoms with Gasteiger partial charge in [-0.2, -0.15) is 0 Å². The van der Waals surface area contributed by atoms with Gasteiger partial charge in [0.25, 0.3) is 5.91 Å². The highest BCUT2D eigenvalue weighted by atomic mass is 79.9. The standard InChI is InChI=1S/C24H20BrNO3/c1-15-3-5-16(6-4-15)21-22(17-7-9-18(25)10-8-17)26(24(28)23(21)27)19-11-13-20(29-2)14-12-19/h3-14,22,27H,1-2H3. The molecule has 0 aliphatic carbocycles. The fourth-order valence-electron chi connectivity index (χ4n) is 3.60. The van der Waals surface area contributed by atoms with Crippen molar-refractivity contribution < 1.29 is 14.6 Å². The Labute approximate surface area is 178 Å². The molecule has 1 unspecified atom stereocenters. The average molecular weight is 450 g/mol. The summed E-state index contributed by atoms with van der Waals surface area (Å²) in [6.45, 7) is 2.01. The van der Waals surface area contributed by atoms with E-state index in [1.807, 2.05) is 79.7 Å². The van der Waals surface area contributed by atoms with E-state index in [9.17, 15) is 9.90 Å². The van der Waals surface area contributed by atoms with Gasteiger partial charge in [0.05, 0.1) is 13.2 Å². The van der Waals surface area contributed by atoms with E-state index >= 15 is 0 Å². The molecule has 5 heteroatoms. The Morgan fingerprint density at radius 3 is 2.14 bits per heavy atom. The lowest BCUT2D eigenvalue weighted by molar-refractivity contribution is -0.117. The first kappa shape index (κ1) is 19.3. The van der Waals surface area contributed by atoms with Crippen molar-refractivity contribution in [2.75, 3.05) is 12.0 Å². The number of carbonyl (C=O) groups is 1. The van der Waals surface area contributed by atoms with Crippen molar-refractivity contribution in [1.29, 1.82) is 0 Å². The van der Waals surface area contributed by atoms with Gasteiger partial charge in [0.1, 0.15) is 5.75 Å². The number of hydrogen-bond acceptors (Lipinski definition) is 3. The summed E-state index contributed by atoms with van der Waals surface area (Å²) in [5.41, 5.74) is 4.15. The van der Waals surface area contributed by atoms with Gasteiger partial charge < -0.3 is 9.84 Å². The lowest BCUT2D eigenvalue weighted by atomic mass is 9.93. The summed E-state index contributed by atoms with van der Waals surface area (Å²) in [6, 6.07) is 22.5. The van der Waals surface area contributed by atoms with Crippen molar-refractivity contribution in [3.63, 3.8) is 0 Å². The largest absolute Gasteiger partial charge is 0.503 e. The fourth-order valence-corrected chi connectivity index (χ4v) is 3.87. The Hall–Kier alpha value is -3.05. The van der Waals surface area contributed by atoms with Crippen molar-refractivity contribution in [1.82, 2.24) is 0 Å². The molecule has 3 aromatic rings. The van der Waals surface area contributed by atoms with Crippen LogP contribution >= 0.6 is 15.9 Å². The van der Waals surface area contributed by atoms with Crippen LogP contribution in [0, 0.1) is 6.92 Å². The first-order valence-corrected chi connectivity index (χ1v) is 10.0. The van der Waals surface area contributed by atoms with E-state index in [0.29, 0.717) is 17.0 Å². The Bertz CT molecular complexity index is 1070. The lowest BCUT2D eigenvalue weighted by Crippen LogP contribution is -2.30. The molecule has 4 rings (SSSR count). The molecule has 0 radical (unpaired) electrons. The van der Waals surface area contributed by atoms with E-state index in [0.717, 1.165) is 21.2 Å². The van der Waals surface area contributed by atoms with E-state index < -0.39 is 11.9 Å². The van der Waals surface area contributed by atoms with Crippen molar-refractivity contribution in [3.05, 3.63) is 99.7 Å². The molecule has 29 heavy (non-hydrogen) atoms. The number of rotatable bonds is 4. The maximum absolute atomic E-state index is 13.1. The summed E-state index contributed by atoms with van der Waals surface area (Å²) >= 11 is 3.47. The van der Waals surface area contributed by atoms with Crippen LogP contribution in [-0.2, 0) is 4.79 Å². The molecule has 0 bridgehead atoms. The minimum atomic E-state index is -0.438. The molecule has 1 aliphatic heterocycles. The Balaban J connectivity index is 1.87. The molecule has 1 atom stereocenters. The van der Waals surface area contributed by atoms with Crippen LogP contribution in [0.25, 0.3) is 5.57 Å². The van der Waals surface area contributed by atoms with Crippen LogP contribution in [0.1, 0.15) is 22.7 Å². The fraction of sp³-hybridized carbons (Fsp3) is 0.125. The van der Waals surface area contributed by atoms with Crippen LogP contribution in [0.5, 0.6) is 5.75 Å². The third-order valence-corrected chi connectivity index (χ3v) is 5.64. The average Bonchev–Trinajstić information content (AvgIpc) is 3.00. The molecular weight excluding hydrogens is 430 g/mol. The lowest BCUT2D eigenvalue weighted by Gasteiger charge is -2.27. The zero-order chi connectivity index (χ0) is 20.5. The molecule has 0 fully saturated rings. The summed E-state index contributed by atoms with van der Waals surface area (Å²) in [5, 5.41) is 10.9. The number of methoxy groups -OCH3 is 1. The van der Waals surface area contributed by atoms with Crippen LogP contribution < -0.4 is 9.64 Å². The topological polar surface area (TPSA) is 49.8 Å². The quantitative estimate of drug-likeness (QED) is 0.545. The zero-order valence-corrected chi connectivity index (χ0v) is 17.7.